The van der Waals surface area contributed by atoms with E-state index in [1.54, 1.807) is 11.8 Å². The number of benzene rings is 2. The van der Waals surface area contributed by atoms with Crippen LogP contribution in [0.1, 0.15) is 18.9 Å². The second-order valence-electron chi connectivity index (χ2n) is 4.48. The summed E-state index contributed by atoms with van der Waals surface area (Å²) in [6.07, 6.45) is 0.371. The lowest BCUT2D eigenvalue weighted by molar-refractivity contribution is -0.140. The highest BCUT2D eigenvalue weighted by molar-refractivity contribution is 8.00. The first kappa shape index (κ1) is 14.4. The molecule has 0 aliphatic rings. The minimum absolute atomic E-state index is 0.124. The van der Waals surface area contributed by atoms with Gasteiger partial charge >= 0.3 is 5.97 Å². The summed E-state index contributed by atoms with van der Waals surface area (Å²) in [7, 11) is 1.40. The van der Waals surface area contributed by atoms with E-state index in [2.05, 4.69) is 10.8 Å². The maximum atomic E-state index is 11.3. The number of methoxy groups -OCH3 is 1. The largest absolute Gasteiger partial charge is 0.469 e. The Balaban J connectivity index is 2.32. The Labute approximate surface area is 122 Å². The van der Waals surface area contributed by atoms with Crippen LogP contribution in [0.5, 0.6) is 0 Å². The number of hydrogen-bond acceptors (Lipinski definition) is 4. The minimum Gasteiger partial charge on any atom is -0.469 e. The van der Waals surface area contributed by atoms with Gasteiger partial charge in [-0.15, -0.1) is 11.8 Å². The molecule has 0 saturated carbocycles. The molecular weight excluding hydrogens is 270 g/mol. The molecule has 0 spiro atoms. The van der Waals surface area contributed by atoms with Crippen molar-refractivity contribution in [3.8, 4) is 6.07 Å². The number of rotatable bonds is 4. The summed E-state index contributed by atoms with van der Waals surface area (Å²) >= 11 is 1.63. The maximum Gasteiger partial charge on any atom is 0.306 e. The van der Waals surface area contributed by atoms with Gasteiger partial charge in [0.2, 0.25) is 0 Å². The highest BCUT2D eigenvalue weighted by atomic mass is 32.2. The molecule has 1 atom stereocenters. The molecule has 20 heavy (non-hydrogen) atoms. The molecule has 0 aromatic heterocycles. The fourth-order valence-corrected chi connectivity index (χ4v) is 3.15. The van der Waals surface area contributed by atoms with Crippen LogP contribution < -0.4 is 0 Å². The van der Waals surface area contributed by atoms with Gasteiger partial charge in [-0.2, -0.15) is 5.26 Å². The standard InChI is InChI=1S/C16H15NO2S/c1-11(9-16(18)19-2)20-15-8-7-12(10-17)13-5-3-4-6-14(13)15/h3-8,11H,9H2,1-2H3. The van der Waals surface area contributed by atoms with Crippen molar-refractivity contribution in [3.05, 3.63) is 42.0 Å². The molecule has 0 fully saturated rings. The Morgan fingerprint density at radius 2 is 2.00 bits per heavy atom. The number of hydrogen-bond donors (Lipinski definition) is 0. The number of fused-ring (bicyclic) bond motifs is 1. The van der Waals surface area contributed by atoms with Crippen molar-refractivity contribution in [3.63, 3.8) is 0 Å². The van der Waals surface area contributed by atoms with Gasteiger partial charge in [-0.05, 0) is 17.5 Å². The average Bonchev–Trinajstić information content (AvgIpc) is 2.47. The fourth-order valence-electron chi connectivity index (χ4n) is 2.05. The van der Waals surface area contributed by atoms with Crippen molar-refractivity contribution >= 4 is 28.5 Å². The van der Waals surface area contributed by atoms with Crippen molar-refractivity contribution in [1.82, 2.24) is 0 Å². The van der Waals surface area contributed by atoms with Crippen LogP contribution in [0.2, 0.25) is 0 Å². The first-order chi connectivity index (χ1) is 9.65. The molecule has 0 bridgehead atoms. The van der Waals surface area contributed by atoms with Crippen molar-refractivity contribution < 1.29 is 9.53 Å². The zero-order chi connectivity index (χ0) is 14.5. The molecule has 2 rings (SSSR count). The van der Waals surface area contributed by atoms with E-state index in [9.17, 15) is 4.79 Å². The van der Waals surface area contributed by atoms with Crippen molar-refractivity contribution in [2.45, 2.75) is 23.5 Å². The number of ether oxygens (including phenoxy) is 1. The third-order valence-electron chi connectivity index (χ3n) is 3.01. The molecule has 4 heteroatoms. The van der Waals surface area contributed by atoms with Gasteiger partial charge < -0.3 is 4.74 Å². The summed E-state index contributed by atoms with van der Waals surface area (Å²) in [6, 6.07) is 13.8. The lowest BCUT2D eigenvalue weighted by atomic mass is 10.1. The van der Waals surface area contributed by atoms with Gasteiger partial charge in [0.15, 0.2) is 0 Å². The zero-order valence-electron chi connectivity index (χ0n) is 11.4. The van der Waals surface area contributed by atoms with Gasteiger partial charge in [0.25, 0.3) is 0 Å². The van der Waals surface area contributed by atoms with E-state index in [-0.39, 0.29) is 11.2 Å². The lowest BCUT2D eigenvalue weighted by Gasteiger charge is -2.12. The van der Waals surface area contributed by atoms with Crippen LogP contribution in [0.4, 0.5) is 0 Å². The second-order valence-corrected chi connectivity index (χ2v) is 5.96. The van der Waals surface area contributed by atoms with E-state index in [1.165, 1.54) is 7.11 Å². The van der Waals surface area contributed by atoms with Gasteiger partial charge in [-0.3, -0.25) is 4.79 Å². The molecule has 0 heterocycles. The molecule has 102 valence electrons. The molecule has 2 aromatic carbocycles. The van der Waals surface area contributed by atoms with Gasteiger partial charge in [-0.1, -0.05) is 31.2 Å². The summed E-state index contributed by atoms with van der Waals surface area (Å²) in [5.74, 6) is -0.206. The van der Waals surface area contributed by atoms with Crippen molar-refractivity contribution in [1.29, 1.82) is 5.26 Å². The molecule has 0 radical (unpaired) electrons. The molecule has 0 N–H and O–H groups in total. The zero-order valence-corrected chi connectivity index (χ0v) is 12.2. The maximum absolute atomic E-state index is 11.3. The number of esters is 1. The summed E-state index contributed by atoms with van der Waals surface area (Å²) in [5, 5.41) is 11.3. The first-order valence-corrected chi connectivity index (χ1v) is 7.19. The predicted molar refractivity (Wildman–Crippen MR) is 80.6 cm³/mol. The monoisotopic (exact) mass is 285 g/mol. The van der Waals surface area contributed by atoms with E-state index in [0.717, 1.165) is 15.7 Å². The van der Waals surface area contributed by atoms with Crippen LogP contribution in [0.3, 0.4) is 0 Å². The summed E-state index contributed by atoms with van der Waals surface area (Å²) in [5.41, 5.74) is 0.672. The first-order valence-electron chi connectivity index (χ1n) is 6.31. The average molecular weight is 285 g/mol. The number of thioether (sulfide) groups is 1. The van der Waals surface area contributed by atoms with Crippen LogP contribution in [0.15, 0.2) is 41.3 Å². The number of carbonyl (C=O) groups excluding carboxylic acids is 1. The topological polar surface area (TPSA) is 50.1 Å². The number of carbonyl (C=O) groups is 1. The third-order valence-corrected chi connectivity index (χ3v) is 4.19. The summed E-state index contributed by atoms with van der Waals surface area (Å²) in [6.45, 7) is 1.99. The van der Waals surface area contributed by atoms with E-state index < -0.39 is 0 Å². The Hall–Kier alpha value is -1.99. The summed E-state index contributed by atoms with van der Waals surface area (Å²) in [4.78, 5) is 12.4. The Bertz CT molecular complexity index is 676. The Morgan fingerprint density at radius 3 is 2.65 bits per heavy atom. The molecule has 0 amide bonds. The predicted octanol–water partition coefficient (Wildman–Crippen LogP) is 3.76. The molecule has 2 aromatic rings. The quantitative estimate of drug-likeness (QED) is 0.634. The normalized spacial score (nSPS) is 11.8. The van der Waals surface area contributed by atoms with Gasteiger partial charge in [0, 0.05) is 15.5 Å². The molecule has 1 unspecified atom stereocenters. The van der Waals surface area contributed by atoms with Crippen molar-refractivity contribution in [2.75, 3.05) is 7.11 Å². The van der Waals surface area contributed by atoms with Crippen molar-refractivity contribution in [2.24, 2.45) is 0 Å². The minimum atomic E-state index is -0.206. The highest BCUT2D eigenvalue weighted by Crippen LogP contribution is 2.33. The fraction of sp³-hybridized carbons (Fsp3) is 0.250. The number of nitrogens with zero attached hydrogens (tertiary/aromatic N) is 1. The van der Waals surface area contributed by atoms with Gasteiger partial charge in [0.1, 0.15) is 0 Å². The van der Waals surface area contributed by atoms with E-state index in [1.807, 2.05) is 43.3 Å². The van der Waals surface area contributed by atoms with E-state index in [0.29, 0.717) is 12.0 Å². The molecule has 3 nitrogen and oxygen atoms in total. The van der Waals surface area contributed by atoms with E-state index >= 15 is 0 Å². The summed E-state index contributed by atoms with van der Waals surface area (Å²) < 4.78 is 4.69. The lowest BCUT2D eigenvalue weighted by Crippen LogP contribution is -2.08. The molecule has 0 saturated heterocycles. The van der Waals surface area contributed by atoms with Crippen LogP contribution >= 0.6 is 11.8 Å². The number of nitriles is 1. The van der Waals surface area contributed by atoms with E-state index in [4.69, 9.17) is 5.26 Å². The van der Waals surface area contributed by atoms with Crippen LogP contribution in [-0.4, -0.2) is 18.3 Å². The molecule has 0 aliphatic heterocycles. The van der Waals surface area contributed by atoms with Gasteiger partial charge in [-0.25, -0.2) is 0 Å². The van der Waals surface area contributed by atoms with Gasteiger partial charge in [0.05, 0.1) is 25.2 Å². The molecular formula is C16H15NO2S. The van der Waals surface area contributed by atoms with Crippen LogP contribution in [-0.2, 0) is 9.53 Å². The second kappa shape index (κ2) is 6.44. The molecule has 0 aliphatic carbocycles. The Kier molecular flexibility index (Phi) is 4.65. The van der Waals surface area contributed by atoms with Crippen LogP contribution in [0, 0.1) is 11.3 Å². The smallest absolute Gasteiger partial charge is 0.306 e. The Morgan fingerprint density at radius 1 is 1.30 bits per heavy atom. The third kappa shape index (κ3) is 3.12. The SMILES string of the molecule is COC(=O)CC(C)Sc1ccc(C#N)c2ccccc12. The van der Waals surface area contributed by atoms with Crippen LogP contribution in [0.25, 0.3) is 10.8 Å². The highest BCUT2D eigenvalue weighted by Gasteiger charge is 2.13.